The minimum absolute atomic E-state index is 0.110. The van der Waals surface area contributed by atoms with E-state index in [1.54, 1.807) is 50.3 Å². The van der Waals surface area contributed by atoms with E-state index in [-0.39, 0.29) is 23.9 Å². The number of amides is 1. The first-order valence-corrected chi connectivity index (χ1v) is 14.3. The van der Waals surface area contributed by atoms with Crippen LogP contribution in [0.5, 0.6) is 17.2 Å². The molecule has 2 aliphatic rings. The van der Waals surface area contributed by atoms with Crippen molar-refractivity contribution in [3.05, 3.63) is 75.8 Å². The maximum absolute atomic E-state index is 14.1. The molecule has 0 spiro atoms. The average Bonchev–Trinajstić information content (AvgIpc) is 3.35. The Morgan fingerprint density at radius 3 is 2.41 bits per heavy atom. The van der Waals surface area contributed by atoms with E-state index in [0.717, 1.165) is 16.8 Å². The standard InChI is InChI=1S/C31H32Cl2N2O6/c1-4-40-31(37)20-11-24(12-20)41-25-15-22(14-23(16-25)38-2)34-29(18-5-7-21(32)8-6-18)30(36)35-10-9-19-13-28(39-3)26(33)17-27(19)35/h5-8,13-17,20,24,29,34H,4,9-12H2,1-3H3. The van der Waals surface area contributed by atoms with Crippen LogP contribution in [-0.2, 0) is 20.7 Å². The molecule has 3 aromatic rings. The summed E-state index contributed by atoms with van der Waals surface area (Å²) in [6, 6.07) is 15.5. The molecule has 1 aliphatic carbocycles. The van der Waals surface area contributed by atoms with Gasteiger partial charge >= 0.3 is 5.97 Å². The zero-order valence-corrected chi connectivity index (χ0v) is 24.6. The smallest absolute Gasteiger partial charge is 0.309 e. The van der Waals surface area contributed by atoms with E-state index in [1.807, 2.05) is 30.3 Å². The first-order chi connectivity index (χ1) is 19.8. The number of methoxy groups -OCH3 is 2. The summed E-state index contributed by atoms with van der Waals surface area (Å²) in [6.07, 6.45) is 1.76. The van der Waals surface area contributed by atoms with E-state index >= 15 is 0 Å². The topological polar surface area (TPSA) is 86.3 Å². The molecule has 1 heterocycles. The number of hydrogen-bond acceptors (Lipinski definition) is 7. The fourth-order valence-corrected chi connectivity index (χ4v) is 5.55. The van der Waals surface area contributed by atoms with E-state index in [4.69, 9.17) is 42.1 Å². The monoisotopic (exact) mass is 598 g/mol. The molecule has 1 amide bonds. The number of carbonyl (C=O) groups excluding carboxylic acids is 2. The maximum atomic E-state index is 14.1. The first-order valence-electron chi connectivity index (χ1n) is 13.5. The number of benzene rings is 3. The number of anilines is 2. The highest BCUT2D eigenvalue weighted by atomic mass is 35.5. The van der Waals surface area contributed by atoms with E-state index in [2.05, 4.69) is 5.32 Å². The van der Waals surface area contributed by atoms with Crippen molar-refractivity contribution in [3.63, 3.8) is 0 Å². The number of nitrogens with zero attached hydrogens (tertiary/aromatic N) is 1. The second kappa shape index (κ2) is 12.5. The zero-order valence-electron chi connectivity index (χ0n) is 23.1. The van der Waals surface area contributed by atoms with Crippen molar-refractivity contribution in [2.45, 2.75) is 38.3 Å². The SMILES string of the molecule is CCOC(=O)C1CC(Oc2cc(NC(C(=O)N3CCc4cc(OC)c(Cl)cc43)c3ccc(Cl)cc3)cc(OC)c2)C1. The van der Waals surface area contributed by atoms with Crippen molar-refractivity contribution >= 4 is 46.5 Å². The maximum Gasteiger partial charge on any atom is 0.309 e. The third kappa shape index (κ3) is 6.34. The number of esters is 1. The summed E-state index contributed by atoms with van der Waals surface area (Å²) in [5.41, 5.74) is 3.14. The lowest BCUT2D eigenvalue weighted by Gasteiger charge is -2.33. The molecule has 1 saturated carbocycles. The van der Waals surface area contributed by atoms with Gasteiger partial charge in [-0.15, -0.1) is 0 Å². The van der Waals surface area contributed by atoms with E-state index < -0.39 is 6.04 Å². The average molecular weight is 600 g/mol. The summed E-state index contributed by atoms with van der Waals surface area (Å²) in [4.78, 5) is 27.9. The van der Waals surface area contributed by atoms with Crippen molar-refractivity contribution in [2.75, 3.05) is 37.6 Å². The van der Waals surface area contributed by atoms with Crippen molar-refractivity contribution in [2.24, 2.45) is 5.92 Å². The highest BCUT2D eigenvalue weighted by Gasteiger charge is 2.37. The Labute approximate surface area is 249 Å². The molecule has 3 aromatic carbocycles. The Morgan fingerprint density at radius 2 is 1.73 bits per heavy atom. The van der Waals surface area contributed by atoms with Crippen LogP contribution in [0.15, 0.2) is 54.6 Å². The van der Waals surface area contributed by atoms with Crippen LogP contribution in [0.25, 0.3) is 0 Å². The Balaban J connectivity index is 1.40. The molecule has 1 aliphatic heterocycles. The Kier molecular flexibility index (Phi) is 8.80. The molecule has 0 radical (unpaired) electrons. The molecule has 1 atom stereocenters. The summed E-state index contributed by atoms with van der Waals surface area (Å²) in [5.74, 6) is 1.25. The number of carbonyl (C=O) groups is 2. The molecule has 1 N–H and O–H groups in total. The van der Waals surface area contributed by atoms with Gasteiger partial charge in [0.2, 0.25) is 0 Å². The van der Waals surface area contributed by atoms with Crippen molar-refractivity contribution in [1.82, 2.24) is 0 Å². The van der Waals surface area contributed by atoms with Crippen molar-refractivity contribution in [1.29, 1.82) is 0 Å². The molecule has 1 fully saturated rings. The van der Waals surface area contributed by atoms with Crippen LogP contribution < -0.4 is 24.4 Å². The quantitative estimate of drug-likeness (QED) is 0.267. The van der Waals surface area contributed by atoms with Gasteiger partial charge in [0, 0.05) is 41.1 Å². The second-order valence-corrected chi connectivity index (χ2v) is 10.9. The van der Waals surface area contributed by atoms with Crippen molar-refractivity contribution in [3.8, 4) is 17.2 Å². The molecule has 10 heteroatoms. The lowest BCUT2D eigenvalue weighted by molar-refractivity contribution is -0.154. The predicted octanol–water partition coefficient (Wildman–Crippen LogP) is 6.47. The van der Waals surface area contributed by atoms with Crippen LogP contribution in [-0.4, -0.2) is 45.4 Å². The van der Waals surface area contributed by atoms with Crippen LogP contribution >= 0.6 is 23.2 Å². The molecular weight excluding hydrogens is 567 g/mol. The molecule has 41 heavy (non-hydrogen) atoms. The van der Waals surface area contributed by atoms with E-state index in [1.165, 1.54) is 0 Å². The third-order valence-electron chi connectivity index (χ3n) is 7.41. The lowest BCUT2D eigenvalue weighted by Crippen LogP contribution is -2.39. The van der Waals surface area contributed by atoms with Gasteiger partial charge < -0.3 is 29.2 Å². The molecule has 0 aromatic heterocycles. The lowest BCUT2D eigenvalue weighted by atomic mass is 9.82. The minimum Gasteiger partial charge on any atom is -0.497 e. The van der Waals surface area contributed by atoms with Crippen LogP contribution in [0.2, 0.25) is 10.0 Å². The van der Waals surface area contributed by atoms with Crippen molar-refractivity contribution < 1.29 is 28.5 Å². The van der Waals surface area contributed by atoms with Gasteiger partial charge in [-0.05, 0) is 61.6 Å². The summed E-state index contributed by atoms with van der Waals surface area (Å²) in [6.45, 7) is 2.68. The fraction of sp³-hybridized carbons (Fsp3) is 0.355. The normalized spacial score (nSPS) is 18.1. The highest BCUT2D eigenvalue weighted by Crippen LogP contribution is 2.39. The van der Waals surface area contributed by atoms with Gasteiger partial charge in [-0.2, -0.15) is 0 Å². The van der Waals surface area contributed by atoms with E-state index in [0.29, 0.717) is 65.4 Å². The molecule has 5 rings (SSSR count). The number of hydrogen-bond donors (Lipinski definition) is 1. The molecule has 1 unspecified atom stereocenters. The number of fused-ring (bicyclic) bond motifs is 1. The number of halogens is 2. The van der Waals surface area contributed by atoms with Crippen LogP contribution in [0.4, 0.5) is 11.4 Å². The van der Waals surface area contributed by atoms with Crippen LogP contribution in [0.1, 0.15) is 36.9 Å². The van der Waals surface area contributed by atoms with Gasteiger partial charge in [-0.1, -0.05) is 35.3 Å². The predicted molar refractivity (Wildman–Crippen MR) is 159 cm³/mol. The zero-order chi connectivity index (χ0) is 29.1. The Hall–Kier alpha value is -3.62. The molecular formula is C31H32Cl2N2O6. The fourth-order valence-electron chi connectivity index (χ4n) is 5.19. The van der Waals surface area contributed by atoms with Gasteiger partial charge in [0.25, 0.3) is 5.91 Å². The molecule has 0 saturated heterocycles. The van der Waals surface area contributed by atoms with Gasteiger partial charge in [-0.25, -0.2) is 0 Å². The summed E-state index contributed by atoms with van der Waals surface area (Å²) in [5, 5.41) is 4.42. The van der Waals surface area contributed by atoms with Gasteiger partial charge in [0.05, 0.1) is 31.8 Å². The number of nitrogens with one attached hydrogen (secondary N) is 1. The molecule has 8 nitrogen and oxygen atoms in total. The first kappa shape index (κ1) is 28.9. The van der Waals surface area contributed by atoms with Gasteiger partial charge in [-0.3, -0.25) is 9.59 Å². The van der Waals surface area contributed by atoms with E-state index in [9.17, 15) is 9.59 Å². The minimum atomic E-state index is -0.740. The van der Waals surface area contributed by atoms with Gasteiger partial charge in [0.15, 0.2) is 0 Å². The van der Waals surface area contributed by atoms with Crippen LogP contribution in [0.3, 0.4) is 0 Å². The molecule has 0 bridgehead atoms. The summed E-state index contributed by atoms with van der Waals surface area (Å²) in [7, 11) is 3.14. The number of ether oxygens (including phenoxy) is 4. The summed E-state index contributed by atoms with van der Waals surface area (Å²) < 4.78 is 22.2. The Bertz CT molecular complexity index is 1420. The largest absolute Gasteiger partial charge is 0.497 e. The summed E-state index contributed by atoms with van der Waals surface area (Å²) >= 11 is 12.6. The highest BCUT2D eigenvalue weighted by molar-refractivity contribution is 6.32. The van der Waals surface area contributed by atoms with Gasteiger partial charge in [0.1, 0.15) is 29.4 Å². The number of rotatable bonds is 10. The second-order valence-electron chi connectivity index (χ2n) is 10.0. The molecule has 216 valence electrons. The van der Waals surface area contributed by atoms with Crippen LogP contribution in [0, 0.1) is 5.92 Å². The Morgan fingerprint density at radius 1 is 1.00 bits per heavy atom. The third-order valence-corrected chi connectivity index (χ3v) is 7.96.